The fourth-order valence-electron chi connectivity index (χ4n) is 9.93. The zero-order chi connectivity index (χ0) is 41.2. The first-order chi connectivity index (χ1) is 28.0. The molecule has 1 atom stereocenters. The van der Waals surface area contributed by atoms with Gasteiger partial charge in [0.05, 0.1) is 0 Å². The Labute approximate surface area is 351 Å². The normalized spacial score (nSPS) is 15.6. The zero-order valence-corrected chi connectivity index (χ0v) is 37.9. The number of allylic oxidation sites excluding steroid dienone is 4. The Bertz CT molecular complexity index is 2220. The molecule has 296 valence electrons. The molecule has 0 bridgehead atoms. The predicted molar refractivity (Wildman–Crippen MR) is 257 cm³/mol. The second kappa shape index (κ2) is 17.1. The molecule has 0 aromatic heterocycles. The minimum absolute atomic E-state index is 0.240. The third kappa shape index (κ3) is 7.44. The summed E-state index contributed by atoms with van der Waals surface area (Å²) in [5.74, 6) is 0. The molecular formula is C57H64Si. The van der Waals surface area contributed by atoms with Crippen LogP contribution in [-0.4, -0.2) is 8.07 Å². The summed E-state index contributed by atoms with van der Waals surface area (Å²) in [5, 5.41) is 4.12. The van der Waals surface area contributed by atoms with Crippen LogP contribution < -0.4 is 15.6 Å². The highest BCUT2D eigenvalue weighted by Crippen LogP contribution is 2.53. The lowest BCUT2D eigenvalue weighted by molar-refractivity contribution is 0.870. The average molecular weight is 777 g/mol. The molecule has 1 heteroatoms. The van der Waals surface area contributed by atoms with E-state index in [4.69, 9.17) is 0 Å². The van der Waals surface area contributed by atoms with Crippen molar-refractivity contribution in [1.29, 1.82) is 0 Å². The molecule has 0 spiro atoms. The maximum absolute atomic E-state index is 3.02. The highest BCUT2D eigenvalue weighted by atomic mass is 28.3. The van der Waals surface area contributed by atoms with E-state index in [1.165, 1.54) is 99.0 Å². The van der Waals surface area contributed by atoms with E-state index in [2.05, 4.69) is 203 Å². The van der Waals surface area contributed by atoms with E-state index in [0.717, 1.165) is 38.5 Å². The molecule has 6 aromatic rings. The summed E-state index contributed by atoms with van der Waals surface area (Å²) in [6.45, 7) is 23.3. The van der Waals surface area contributed by atoms with Crippen LogP contribution in [0.3, 0.4) is 0 Å². The molecule has 1 aliphatic carbocycles. The van der Waals surface area contributed by atoms with Crippen LogP contribution in [0.1, 0.15) is 103 Å². The van der Waals surface area contributed by atoms with Crippen LogP contribution in [0, 0.1) is 0 Å². The molecule has 0 fully saturated rings. The van der Waals surface area contributed by atoms with E-state index in [1.807, 2.05) is 0 Å². The lowest BCUT2D eigenvalue weighted by Gasteiger charge is -2.47. The van der Waals surface area contributed by atoms with Gasteiger partial charge in [-0.2, -0.15) is 0 Å². The van der Waals surface area contributed by atoms with Crippen molar-refractivity contribution < 1.29 is 0 Å². The molecule has 6 aromatic carbocycles. The molecule has 1 unspecified atom stereocenters. The van der Waals surface area contributed by atoms with E-state index < -0.39 is 8.07 Å². The maximum Gasteiger partial charge on any atom is 0.161 e. The van der Waals surface area contributed by atoms with Crippen LogP contribution in [0.2, 0.25) is 5.04 Å². The van der Waals surface area contributed by atoms with Crippen molar-refractivity contribution in [1.82, 2.24) is 0 Å². The molecule has 58 heavy (non-hydrogen) atoms. The molecule has 0 saturated carbocycles. The minimum atomic E-state index is -3.02. The first kappa shape index (κ1) is 41.2. The largest absolute Gasteiger partial charge is 0.161 e. The highest BCUT2D eigenvalue weighted by molar-refractivity contribution is 7.14. The van der Waals surface area contributed by atoms with Gasteiger partial charge in [-0.05, 0) is 147 Å². The van der Waals surface area contributed by atoms with Crippen LogP contribution in [0.25, 0.3) is 33.4 Å². The number of aryl methyl sites for hydroxylation is 6. The number of hydrogen-bond donors (Lipinski definition) is 0. The van der Waals surface area contributed by atoms with Gasteiger partial charge in [0.2, 0.25) is 0 Å². The smallest absolute Gasteiger partial charge is 0.0730 e. The van der Waals surface area contributed by atoms with Gasteiger partial charge in [0.1, 0.15) is 0 Å². The molecule has 0 N–H and O–H groups in total. The van der Waals surface area contributed by atoms with E-state index in [9.17, 15) is 0 Å². The number of benzene rings is 6. The van der Waals surface area contributed by atoms with Gasteiger partial charge >= 0.3 is 0 Å². The molecule has 0 nitrogen and oxygen atoms in total. The molecule has 0 saturated heterocycles. The topological polar surface area (TPSA) is 0 Å². The SMILES string of the molecule is CCc1cc(CC)cc(-c2cccc([Si](c3cccc(-c4cc(CC)cc(CC)c4)c3)(c3cccc(-c4cc(CC)cc(CC)c4)c3)C3(C)C=C(C)C(C)=C3C)c2)c1. The molecule has 0 amide bonds. The van der Waals surface area contributed by atoms with Crippen molar-refractivity contribution in [3.05, 3.63) is 184 Å². The van der Waals surface area contributed by atoms with Gasteiger partial charge in [0.25, 0.3) is 0 Å². The maximum atomic E-state index is 2.66. The third-order valence-corrected chi connectivity index (χ3v) is 19.3. The van der Waals surface area contributed by atoms with Crippen molar-refractivity contribution in [2.75, 3.05) is 0 Å². The van der Waals surface area contributed by atoms with Crippen molar-refractivity contribution >= 4 is 23.6 Å². The zero-order valence-electron chi connectivity index (χ0n) is 36.9. The predicted octanol–water partition coefficient (Wildman–Crippen LogP) is 13.6. The van der Waals surface area contributed by atoms with Gasteiger partial charge in [0, 0.05) is 5.04 Å². The Morgan fingerprint density at radius 2 is 0.672 bits per heavy atom. The standard InChI is InChI=1S/C57H64Si/c1-11-42-26-43(12-2)30-51(29-42)48-20-17-23-54(35-48)58(57(10)38-39(7)40(8)41(57)9,55-24-18-21-49(36-55)52-31-44(13-3)27-45(14-4)32-52)56-25-19-22-50(37-56)53-33-46(15-5)28-47(16-6)34-53/h17-38H,11-16H2,1-10H3. The van der Waals surface area contributed by atoms with Gasteiger partial charge in [-0.3, -0.25) is 0 Å². The summed E-state index contributed by atoms with van der Waals surface area (Å²) >= 11 is 0. The van der Waals surface area contributed by atoms with Crippen LogP contribution in [0.4, 0.5) is 0 Å². The first-order valence-electron chi connectivity index (χ1n) is 22.1. The Balaban J connectivity index is 1.61. The first-order valence-corrected chi connectivity index (χ1v) is 24.1. The summed E-state index contributed by atoms with van der Waals surface area (Å²) in [6, 6.07) is 51.1. The van der Waals surface area contributed by atoms with Gasteiger partial charge < -0.3 is 0 Å². The Morgan fingerprint density at radius 3 is 0.914 bits per heavy atom. The summed E-state index contributed by atoms with van der Waals surface area (Å²) < 4.78 is 0. The van der Waals surface area contributed by atoms with Gasteiger partial charge in [0.15, 0.2) is 8.07 Å². The molecular weight excluding hydrogens is 713 g/mol. The lowest BCUT2D eigenvalue weighted by atomic mass is 9.97. The molecule has 0 aliphatic heterocycles. The van der Waals surface area contributed by atoms with E-state index in [0.29, 0.717) is 0 Å². The quantitative estimate of drug-likeness (QED) is 0.0809. The molecule has 7 rings (SSSR count). The summed E-state index contributed by atoms with van der Waals surface area (Å²) in [6.07, 6.45) is 8.83. The lowest BCUT2D eigenvalue weighted by Crippen LogP contribution is -2.73. The molecule has 0 heterocycles. The van der Waals surface area contributed by atoms with Gasteiger partial charge in [-0.1, -0.05) is 193 Å². The second-order valence-electron chi connectivity index (χ2n) is 17.0. The van der Waals surface area contributed by atoms with Crippen LogP contribution in [0.5, 0.6) is 0 Å². The molecule has 1 aliphatic rings. The average Bonchev–Trinajstić information content (AvgIpc) is 3.48. The van der Waals surface area contributed by atoms with Gasteiger partial charge in [-0.25, -0.2) is 0 Å². The van der Waals surface area contributed by atoms with Crippen molar-refractivity contribution in [3.63, 3.8) is 0 Å². The van der Waals surface area contributed by atoms with Crippen molar-refractivity contribution in [2.24, 2.45) is 0 Å². The number of rotatable bonds is 13. The van der Waals surface area contributed by atoms with Crippen LogP contribution in [0.15, 0.2) is 150 Å². The summed E-state index contributed by atoms with van der Waals surface area (Å²) in [7, 11) is -3.02. The number of hydrogen-bond acceptors (Lipinski definition) is 0. The van der Waals surface area contributed by atoms with E-state index in [-0.39, 0.29) is 5.04 Å². The summed E-state index contributed by atoms with van der Waals surface area (Å²) in [4.78, 5) is 0. The van der Waals surface area contributed by atoms with Crippen LogP contribution in [-0.2, 0) is 38.5 Å². The monoisotopic (exact) mass is 776 g/mol. The van der Waals surface area contributed by atoms with E-state index in [1.54, 1.807) is 0 Å². The Hall–Kier alpha value is -4.98. The fourth-order valence-corrected chi connectivity index (χ4v) is 16.1. The Morgan fingerprint density at radius 1 is 0.379 bits per heavy atom. The third-order valence-electron chi connectivity index (χ3n) is 13.7. The Kier molecular flexibility index (Phi) is 12.1. The van der Waals surface area contributed by atoms with Gasteiger partial charge in [-0.15, -0.1) is 0 Å². The van der Waals surface area contributed by atoms with E-state index >= 15 is 0 Å². The highest BCUT2D eigenvalue weighted by Gasteiger charge is 2.56. The van der Waals surface area contributed by atoms with Crippen molar-refractivity contribution in [2.45, 2.75) is 113 Å². The second-order valence-corrected chi connectivity index (χ2v) is 21.3. The minimum Gasteiger partial charge on any atom is -0.0730 e. The summed E-state index contributed by atoms with van der Waals surface area (Å²) in [5.41, 5.74) is 20.6. The van der Waals surface area contributed by atoms with Crippen LogP contribution >= 0.6 is 0 Å². The molecule has 0 radical (unpaired) electrons. The van der Waals surface area contributed by atoms with Crippen molar-refractivity contribution in [3.8, 4) is 33.4 Å². The fraction of sp³-hybridized carbons (Fsp3) is 0.298.